The highest BCUT2D eigenvalue weighted by Gasteiger charge is 2.16. The second-order valence-corrected chi connectivity index (χ2v) is 8.42. The normalized spacial score (nSPS) is 17.6. The number of guanidine groups is 1. The molecule has 0 spiro atoms. The maximum atomic E-state index is 5.64. The molecule has 1 aromatic heterocycles. The van der Waals surface area contributed by atoms with Crippen molar-refractivity contribution in [1.29, 1.82) is 0 Å². The van der Waals surface area contributed by atoms with Gasteiger partial charge in [0.15, 0.2) is 5.96 Å². The van der Waals surface area contributed by atoms with Gasteiger partial charge >= 0.3 is 0 Å². The molecule has 0 aliphatic carbocycles. The summed E-state index contributed by atoms with van der Waals surface area (Å²) in [5.41, 5.74) is 2.64. The SMILES string of the molecule is CN=C(NCc1cccc(CN2CCOC(C)C2)c1)N(C)CCc1cccs1.I. The van der Waals surface area contributed by atoms with Crippen molar-refractivity contribution in [3.8, 4) is 0 Å². The summed E-state index contributed by atoms with van der Waals surface area (Å²) in [5, 5.41) is 5.63. The average Bonchev–Trinajstić information content (AvgIpc) is 3.21. The number of aliphatic imine (C=N–C) groups is 1. The predicted octanol–water partition coefficient (Wildman–Crippen LogP) is 3.84. The largest absolute Gasteiger partial charge is 0.376 e. The van der Waals surface area contributed by atoms with Gasteiger partial charge in [0.1, 0.15) is 0 Å². The topological polar surface area (TPSA) is 40.1 Å². The highest BCUT2D eigenvalue weighted by Crippen LogP contribution is 2.13. The lowest BCUT2D eigenvalue weighted by Gasteiger charge is -2.31. The number of nitrogens with zero attached hydrogens (tertiary/aromatic N) is 3. The summed E-state index contributed by atoms with van der Waals surface area (Å²) >= 11 is 1.81. The van der Waals surface area contributed by atoms with Gasteiger partial charge in [0.25, 0.3) is 0 Å². The minimum absolute atomic E-state index is 0. The van der Waals surface area contributed by atoms with Gasteiger partial charge < -0.3 is 15.0 Å². The second kappa shape index (κ2) is 12.5. The number of hydrogen-bond acceptors (Lipinski definition) is 4. The Kier molecular flexibility index (Phi) is 10.4. The van der Waals surface area contributed by atoms with Gasteiger partial charge in [-0.2, -0.15) is 0 Å². The summed E-state index contributed by atoms with van der Waals surface area (Å²) in [4.78, 5) is 10.5. The summed E-state index contributed by atoms with van der Waals surface area (Å²) in [6.07, 6.45) is 1.37. The Bertz CT molecular complexity index is 753. The standard InChI is InChI=1S/C22H32N4OS.HI/c1-18-16-26(11-12-27-18)17-20-7-4-6-19(14-20)15-24-22(23-2)25(3)10-9-21-8-5-13-28-21;/h4-8,13-14,18H,9-12,15-17H2,1-3H3,(H,23,24);1H. The van der Waals surface area contributed by atoms with Crippen molar-refractivity contribution in [1.82, 2.24) is 15.1 Å². The van der Waals surface area contributed by atoms with E-state index in [9.17, 15) is 0 Å². The number of ether oxygens (including phenoxy) is 1. The van der Waals surface area contributed by atoms with Crippen LogP contribution in [-0.4, -0.2) is 62.2 Å². The molecular formula is C22H33IN4OS. The molecule has 1 aliphatic heterocycles. The van der Waals surface area contributed by atoms with Crippen LogP contribution in [0.1, 0.15) is 22.9 Å². The van der Waals surface area contributed by atoms with E-state index in [0.717, 1.165) is 51.7 Å². The van der Waals surface area contributed by atoms with Crippen LogP contribution in [0, 0.1) is 0 Å². The maximum absolute atomic E-state index is 5.64. The molecular weight excluding hydrogens is 495 g/mol. The van der Waals surface area contributed by atoms with Gasteiger partial charge in [0.2, 0.25) is 0 Å². The Morgan fingerprint density at radius 1 is 1.31 bits per heavy atom. The molecule has 5 nitrogen and oxygen atoms in total. The first kappa shape index (κ1) is 24.1. The first-order valence-electron chi connectivity index (χ1n) is 10.00. The Morgan fingerprint density at radius 3 is 2.86 bits per heavy atom. The van der Waals surface area contributed by atoms with Crippen molar-refractivity contribution in [3.05, 3.63) is 57.8 Å². The van der Waals surface area contributed by atoms with E-state index in [1.165, 1.54) is 16.0 Å². The van der Waals surface area contributed by atoms with Gasteiger partial charge in [-0.25, -0.2) is 0 Å². The molecule has 7 heteroatoms. The smallest absolute Gasteiger partial charge is 0.193 e. The molecule has 0 radical (unpaired) electrons. The first-order chi connectivity index (χ1) is 13.6. The maximum Gasteiger partial charge on any atom is 0.193 e. The van der Waals surface area contributed by atoms with E-state index in [4.69, 9.17) is 4.74 Å². The van der Waals surface area contributed by atoms with E-state index >= 15 is 0 Å². The van der Waals surface area contributed by atoms with Crippen molar-refractivity contribution < 1.29 is 4.74 Å². The lowest BCUT2D eigenvalue weighted by atomic mass is 10.1. The van der Waals surface area contributed by atoms with Crippen LogP contribution in [0.25, 0.3) is 0 Å². The van der Waals surface area contributed by atoms with Crippen molar-refractivity contribution in [3.63, 3.8) is 0 Å². The van der Waals surface area contributed by atoms with Crippen molar-refractivity contribution >= 4 is 41.3 Å². The number of halogens is 1. The lowest BCUT2D eigenvalue weighted by molar-refractivity contribution is -0.0212. The zero-order valence-electron chi connectivity index (χ0n) is 17.6. The molecule has 3 rings (SSSR count). The first-order valence-corrected chi connectivity index (χ1v) is 10.9. The van der Waals surface area contributed by atoms with Gasteiger partial charge in [-0.05, 0) is 35.9 Å². The number of rotatable bonds is 7. The fourth-order valence-corrected chi connectivity index (χ4v) is 4.23. The monoisotopic (exact) mass is 528 g/mol. The van der Waals surface area contributed by atoms with Gasteiger partial charge in [-0.1, -0.05) is 30.3 Å². The second-order valence-electron chi connectivity index (χ2n) is 7.39. The van der Waals surface area contributed by atoms with Crippen molar-refractivity contribution in [2.75, 3.05) is 40.3 Å². The van der Waals surface area contributed by atoms with Crippen LogP contribution in [0.5, 0.6) is 0 Å². The summed E-state index contributed by atoms with van der Waals surface area (Å²) in [7, 11) is 3.94. The number of likely N-dealkylation sites (N-methyl/N-ethyl adjacent to an activating group) is 1. The lowest BCUT2D eigenvalue weighted by Crippen LogP contribution is -2.40. The van der Waals surface area contributed by atoms with Crippen LogP contribution in [-0.2, 0) is 24.2 Å². The van der Waals surface area contributed by atoms with Crippen LogP contribution >= 0.6 is 35.3 Å². The van der Waals surface area contributed by atoms with E-state index < -0.39 is 0 Å². The quantitative estimate of drug-likeness (QED) is 0.337. The molecule has 1 atom stereocenters. The van der Waals surface area contributed by atoms with E-state index in [0.29, 0.717) is 6.10 Å². The summed E-state index contributed by atoms with van der Waals surface area (Å²) in [6.45, 7) is 7.71. The third-order valence-electron chi connectivity index (χ3n) is 5.02. The van der Waals surface area contributed by atoms with E-state index in [-0.39, 0.29) is 24.0 Å². The third kappa shape index (κ3) is 7.88. The predicted molar refractivity (Wildman–Crippen MR) is 133 cm³/mol. The van der Waals surface area contributed by atoms with Crippen molar-refractivity contribution in [2.24, 2.45) is 4.99 Å². The highest BCUT2D eigenvalue weighted by atomic mass is 127. The molecule has 1 unspecified atom stereocenters. The average molecular weight is 529 g/mol. The molecule has 1 N–H and O–H groups in total. The van der Waals surface area contributed by atoms with E-state index in [2.05, 4.69) is 75.9 Å². The van der Waals surface area contributed by atoms with Crippen LogP contribution in [0.4, 0.5) is 0 Å². The summed E-state index contributed by atoms with van der Waals surface area (Å²) < 4.78 is 5.64. The molecule has 1 aromatic carbocycles. The molecule has 2 aromatic rings. The van der Waals surface area contributed by atoms with Gasteiger partial charge in [-0.3, -0.25) is 9.89 Å². The molecule has 2 heterocycles. The third-order valence-corrected chi connectivity index (χ3v) is 5.96. The van der Waals surface area contributed by atoms with Crippen LogP contribution < -0.4 is 5.32 Å². The highest BCUT2D eigenvalue weighted by molar-refractivity contribution is 14.0. The van der Waals surface area contributed by atoms with E-state index in [1.807, 2.05) is 18.4 Å². The Balaban J connectivity index is 0.00000300. The summed E-state index contributed by atoms with van der Waals surface area (Å²) in [6, 6.07) is 13.1. The molecule has 1 saturated heterocycles. The number of morpholine rings is 1. The molecule has 29 heavy (non-hydrogen) atoms. The van der Waals surface area contributed by atoms with Crippen LogP contribution in [0.3, 0.4) is 0 Å². The Hall–Kier alpha value is -1.16. The number of hydrogen-bond donors (Lipinski definition) is 1. The van der Waals surface area contributed by atoms with Crippen LogP contribution in [0.2, 0.25) is 0 Å². The van der Waals surface area contributed by atoms with E-state index in [1.54, 1.807) is 0 Å². The number of nitrogens with one attached hydrogen (secondary N) is 1. The molecule has 160 valence electrons. The number of benzene rings is 1. The molecule has 0 bridgehead atoms. The van der Waals surface area contributed by atoms with Gasteiger partial charge in [0.05, 0.1) is 12.7 Å². The fraction of sp³-hybridized carbons (Fsp3) is 0.500. The van der Waals surface area contributed by atoms with Gasteiger partial charge in [0, 0.05) is 51.7 Å². The Morgan fingerprint density at radius 2 is 2.14 bits per heavy atom. The minimum atomic E-state index is 0. The fourth-order valence-electron chi connectivity index (χ4n) is 3.53. The molecule has 0 amide bonds. The van der Waals surface area contributed by atoms with Crippen molar-refractivity contribution in [2.45, 2.75) is 32.5 Å². The number of thiophene rings is 1. The van der Waals surface area contributed by atoms with Gasteiger partial charge in [-0.15, -0.1) is 35.3 Å². The molecule has 1 fully saturated rings. The zero-order chi connectivity index (χ0) is 19.8. The zero-order valence-corrected chi connectivity index (χ0v) is 20.8. The molecule has 0 saturated carbocycles. The van der Waals surface area contributed by atoms with Crippen LogP contribution in [0.15, 0.2) is 46.8 Å². The summed E-state index contributed by atoms with van der Waals surface area (Å²) in [5.74, 6) is 0.934. The minimum Gasteiger partial charge on any atom is -0.376 e. The molecule has 1 aliphatic rings. The Labute approximate surface area is 196 Å².